The molecule has 3 atom stereocenters. The van der Waals surface area contributed by atoms with Gasteiger partial charge in [0.25, 0.3) is 5.91 Å². The van der Waals surface area contributed by atoms with E-state index in [1.165, 1.54) is 17.4 Å². The molecule has 0 bridgehead atoms. The van der Waals surface area contributed by atoms with Gasteiger partial charge in [-0.1, -0.05) is 18.2 Å². The van der Waals surface area contributed by atoms with E-state index in [-0.39, 0.29) is 30.0 Å². The van der Waals surface area contributed by atoms with E-state index in [9.17, 15) is 19.1 Å². The Labute approximate surface area is 154 Å². The molecular formula is C18H20FN3O3S. The van der Waals surface area contributed by atoms with Crippen molar-refractivity contribution < 1.29 is 19.1 Å². The minimum atomic E-state index is -0.778. The Hall–Kier alpha value is -2.32. The molecule has 2 amide bonds. The Kier molecular flexibility index (Phi) is 5.95. The molecule has 1 aliphatic carbocycles. The van der Waals surface area contributed by atoms with Crippen LogP contribution in [0.1, 0.15) is 28.9 Å². The van der Waals surface area contributed by atoms with Gasteiger partial charge in [-0.15, -0.1) is 11.3 Å². The Morgan fingerprint density at radius 2 is 2.12 bits per heavy atom. The van der Waals surface area contributed by atoms with Crippen molar-refractivity contribution in [2.75, 3.05) is 6.54 Å². The van der Waals surface area contributed by atoms with Gasteiger partial charge in [0, 0.05) is 17.8 Å². The fourth-order valence-corrected chi connectivity index (χ4v) is 3.65. The number of aliphatic hydroxyl groups is 1. The first-order chi connectivity index (χ1) is 12.5. The predicted octanol–water partition coefficient (Wildman–Crippen LogP) is 1.51. The number of aliphatic hydroxyl groups excluding tert-OH is 1. The van der Waals surface area contributed by atoms with Gasteiger partial charge in [0.15, 0.2) is 0 Å². The number of hydrogen-bond donors (Lipinski definition) is 3. The lowest BCUT2D eigenvalue weighted by Gasteiger charge is -2.15. The predicted molar refractivity (Wildman–Crippen MR) is 95.2 cm³/mol. The van der Waals surface area contributed by atoms with Crippen LogP contribution in [0.4, 0.5) is 4.39 Å². The average Bonchev–Trinajstić information content (AvgIpc) is 3.27. The monoisotopic (exact) mass is 377 g/mol. The summed E-state index contributed by atoms with van der Waals surface area (Å²) < 4.78 is 13.6. The molecule has 0 aliphatic heterocycles. The van der Waals surface area contributed by atoms with E-state index in [0.717, 1.165) is 0 Å². The number of hydrogen-bond acceptors (Lipinski definition) is 5. The SMILES string of the molecule is O=C(N[C@H]1C[C@H](C(=O)NCCc2ccccc2F)C[C@@H]1O)c1cscn1. The summed E-state index contributed by atoms with van der Waals surface area (Å²) in [6, 6.07) is 5.97. The number of nitrogens with one attached hydrogen (secondary N) is 2. The third kappa shape index (κ3) is 4.44. The second-order valence-corrected chi connectivity index (χ2v) is 7.04. The van der Waals surface area contributed by atoms with Gasteiger partial charge in [-0.3, -0.25) is 9.59 Å². The highest BCUT2D eigenvalue weighted by molar-refractivity contribution is 7.07. The van der Waals surface area contributed by atoms with Crippen LogP contribution in [0, 0.1) is 11.7 Å². The lowest BCUT2D eigenvalue weighted by atomic mass is 10.1. The molecule has 2 aromatic rings. The van der Waals surface area contributed by atoms with Gasteiger partial charge in [0.2, 0.25) is 5.91 Å². The smallest absolute Gasteiger partial charge is 0.271 e. The van der Waals surface area contributed by atoms with Crippen molar-refractivity contribution in [2.45, 2.75) is 31.4 Å². The lowest BCUT2D eigenvalue weighted by Crippen LogP contribution is -2.40. The van der Waals surface area contributed by atoms with Crippen molar-refractivity contribution >= 4 is 23.2 Å². The van der Waals surface area contributed by atoms with Gasteiger partial charge in [0.1, 0.15) is 11.5 Å². The summed E-state index contributed by atoms with van der Waals surface area (Å²) in [5.41, 5.74) is 2.42. The number of amides is 2. The maximum Gasteiger partial charge on any atom is 0.271 e. The quantitative estimate of drug-likeness (QED) is 0.712. The molecule has 0 spiro atoms. The zero-order chi connectivity index (χ0) is 18.5. The molecule has 3 rings (SSSR count). The van der Waals surface area contributed by atoms with E-state index < -0.39 is 12.1 Å². The standard InChI is InChI=1S/C18H20FN3O3S/c19-13-4-2-1-3-11(13)5-6-20-17(24)12-7-14(16(23)8-12)22-18(25)15-9-26-10-21-15/h1-4,9-10,12,14,16,23H,5-8H2,(H,20,24)(H,22,25)/t12-,14-,16-/m0/s1. The van der Waals surface area contributed by atoms with Gasteiger partial charge in [0.05, 0.1) is 17.7 Å². The molecule has 1 aromatic heterocycles. The zero-order valence-corrected chi connectivity index (χ0v) is 14.8. The molecule has 1 aromatic carbocycles. The number of aromatic nitrogens is 1. The van der Waals surface area contributed by atoms with Crippen LogP contribution in [0.3, 0.4) is 0 Å². The molecule has 8 heteroatoms. The third-order valence-corrected chi connectivity index (χ3v) is 5.12. The van der Waals surface area contributed by atoms with Crippen LogP contribution < -0.4 is 10.6 Å². The van der Waals surface area contributed by atoms with E-state index in [1.54, 1.807) is 29.1 Å². The minimum Gasteiger partial charge on any atom is -0.391 e. The maximum absolute atomic E-state index is 13.6. The number of halogens is 1. The second-order valence-electron chi connectivity index (χ2n) is 6.32. The first-order valence-electron chi connectivity index (χ1n) is 8.43. The van der Waals surface area contributed by atoms with Gasteiger partial charge in [-0.05, 0) is 30.9 Å². The van der Waals surface area contributed by atoms with Crippen LogP contribution in [0.2, 0.25) is 0 Å². The van der Waals surface area contributed by atoms with E-state index in [2.05, 4.69) is 15.6 Å². The summed E-state index contributed by atoms with van der Waals surface area (Å²) in [6.07, 6.45) is 0.272. The summed E-state index contributed by atoms with van der Waals surface area (Å²) in [6.45, 7) is 0.322. The average molecular weight is 377 g/mol. The molecule has 1 saturated carbocycles. The van der Waals surface area contributed by atoms with Crippen LogP contribution in [0.15, 0.2) is 35.2 Å². The highest BCUT2D eigenvalue weighted by atomic mass is 32.1. The summed E-state index contributed by atoms with van der Waals surface area (Å²) >= 11 is 1.32. The minimum absolute atomic E-state index is 0.189. The van der Waals surface area contributed by atoms with Gasteiger partial charge < -0.3 is 15.7 Å². The fourth-order valence-electron chi connectivity index (χ4n) is 3.12. The number of thiazole rings is 1. The first kappa shape index (κ1) is 18.5. The fraction of sp³-hybridized carbons (Fsp3) is 0.389. The van der Waals surface area contributed by atoms with Crippen LogP contribution in [0.25, 0.3) is 0 Å². The van der Waals surface area contributed by atoms with E-state index >= 15 is 0 Å². The largest absolute Gasteiger partial charge is 0.391 e. The molecule has 6 nitrogen and oxygen atoms in total. The van der Waals surface area contributed by atoms with Crippen molar-refractivity contribution in [2.24, 2.45) is 5.92 Å². The van der Waals surface area contributed by atoms with Crippen molar-refractivity contribution in [3.63, 3.8) is 0 Å². The maximum atomic E-state index is 13.6. The summed E-state index contributed by atoms with van der Waals surface area (Å²) in [5.74, 6) is -1.21. The third-order valence-electron chi connectivity index (χ3n) is 4.53. The van der Waals surface area contributed by atoms with Crippen molar-refractivity contribution in [3.8, 4) is 0 Å². The zero-order valence-electron chi connectivity index (χ0n) is 14.0. The number of benzene rings is 1. The van der Waals surface area contributed by atoms with Gasteiger partial charge in [-0.25, -0.2) is 9.37 Å². The van der Waals surface area contributed by atoms with Crippen LogP contribution in [-0.2, 0) is 11.2 Å². The number of carbonyl (C=O) groups is 2. The van der Waals surface area contributed by atoms with Gasteiger partial charge >= 0.3 is 0 Å². The Morgan fingerprint density at radius 3 is 2.85 bits per heavy atom. The molecule has 0 unspecified atom stereocenters. The molecule has 0 radical (unpaired) electrons. The van der Waals surface area contributed by atoms with E-state index in [1.807, 2.05) is 0 Å². The first-order valence-corrected chi connectivity index (χ1v) is 9.37. The molecule has 26 heavy (non-hydrogen) atoms. The van der Waals surface area contributed by atoms with Crippen LogP contribution >= 0.6 is 11.3 Å². The summed E-state index contributed by atoms with van der Waals surface area (Å²) in [5, 5.41) is 17.3. The Morgan fingerprint density at radius 1 is 1.31 bits per heavy atom. The molecule has 138 valence electrons. The Balaban J connectivity index is 1.47. The number of nitrogens with zero attached hydrogens (tertiary/aromatic N) is 1. The normalized spacial score (nSPS) is 22.2. The van der Waals surface area contributed by atoms with E-state index in [0.29, 0.717) is 30.6 Å². The molecular weight excluding hydrogens is 357 g/mol. The second kappa shape index (κ2) is 8.37. The van der Waals surface area contributed by atoms with Crippen molar-refractivity contribution in [1.82, 2.24) is 15.6 Å². The molecule has 1 heterocycles. The molecule has 1 aliphatic rings. The molecule has 1 fully saturated rings. The summed E-state index contributed by atoms with van der Waals surface area (Å²) in [7, 11) is 0. The van der Waals surface area contributed by atoms with Crippen molar-refractivity contribution in [3.05, 3.63) is 52.2 Å². The van der Waals surface area contributed by atoms with Crippen LogP contribution in [0.5, 0.6) is 0 Å². The Bertz CT molecular complexity index is 769. The highest BCUT2D eigenvalue weighted by Crippen LogP contribution is 2.26. The number of rotatable bonds is 6. The lowest BCUT2D eigenvalue weighted by molar-refractivity contribution is -0.125. The topological polar surface area (TPSA) is 91.3 Å². The number of carbonyl (C=O) groups excluding carboxylic acids is 2. The van der Waals surface area contributed by atoms with Crippen LogP contribution in [-0.4, -0.2) is 40.6 Å². The van der Waals surface area contributed by atoms with E-state index in [4.69, 9.17) is 0 Å². The van der Waals surface area contributed by atoms with Gasteiger partial charge in [-0.2, -0.15) is 0 Å². The summed E-state index contributed by atoms with van der Waals surface area (Å²) in [4.78, 5) is 28.2. The van der Waals surface area contributed by atoms with Crippen molar-refractivity contribution in [1.29, 1.82) is 0 Å². The molecule has 0 saturated heterocycles. The molecule has 3 N–H and O–H groups in total. The highest BCUT2D eigenvalue weighted by Gasteiger charge is 2.37.